The zero-order valence-electron chi connectivity index (χ0n) is 17.7. The molecular formula is C22H22ClN3O6. The van der Waals surface area contributed by atoms with E-state index >= 15 is 0 Å². The first-order chi connectivity index (χ1) is 15.4. The molecule has 9 nitrogen and oxygen atoms in total. The van der Waals surface area contributed by atoms with Gasteiger partial charge in [-0.1, -0.05) is 23.7 Å². The average molecular weight is 460 g/mol. The van der Waals surface area contributed by atoms with E-state index in [1.54, 1.807) is 36.4 Å². The normalized spacial score (nSPS) is 14.4. The minimum Gasteiger partial charge on any atom is -0.495 e. The number of nitrogens with one attached hydrogen (secondary N) is 2. The molecule has 1 aliphatic rings. The topological polar surface area (TPSA) is 106 Å². The fraction of sp³-hybridized carbons (Fsp3) is 0.227. The zero-order chi connectivity index (χ0) is 23.3. The summed E-state index contributed by atoms with van der Waals surface area (Å²) in [5.74, 6) is 0.123. The Bertz CT molecular complexity index is 1090. The van der Waals surface area contributed by atoms with Gasteiger partial charge in [0, 0.05) is 6.07 Å². The Morgan fingerprint density at radius 2 is 1.84 bits per heavy atom. The van der Waals surface area contributed by atoms with Crippen molar-refractivity contribution in [3.8, 4) is 17.2 Å². The number of amides is 4. The summed E-state index contributed by atoms with van der Waals surface area (Å²) in [6, 6.07) is 9.25. The van der Waals surface area contributed by atoms with Crippen molar-refractivity contribution in [1.82, 2.24) is 10.2 Å². The lowest BCUT2D eigenvalue weighted by Gasteiger charge is -2.13. The molecule has 0 radical (unpaired) electrons. The summed E-state index contributed by atoms with van der Waals surface area (Å²) < 4.78 is 15.9. The summed E-state index contributed by atoms with van der Waals surface area (Å²) in [4.78, 5) is 38.3. The first kappa shape index (κ1) is 23.0. The third-order valence-corrected chi connectivity index (χ3v) is 4.86. The number of hydrogen-bond acceptors (Lipinski definition) is 6. The third kappa shape index (κ3) is 4.94. The molecule has 1 saturated heterocycles. The predicted octanol–water partition coefficient (Wildman–Crippen LogP) is 3.29. The van der Waals surface area contributed by atoms with Crippen LogP contribution in [-0.4, -0.2) is 50.1 Å². The van der Waals surface area contributed by atoms with E-state index in [9.17, 15) is 14.4 Å². The van der Waals surface area contributed by atoms with Gasteiger partial charge in [-0.05, 0) is 36.8 Å². The Morgan fingerprint density at radius 3 is 2.53 bits per heavy atom. The largest absolute Gasteiger partial charge is 0.495 e. The number of benzene rings is 2. The third-order valence-electron chi connectivity index (χ3n) is 4.53. The number of para-hydroxylation sites is 2. The molecule has 1 aliphatic heterocycles. The van der Waals surface area contributed by atoms with Gasteiger partial charge in [0.1, 0.15) is 18.0 Å². The average Bonchev–Trinajstić information content (AvgIpc) is 3.03. The van der Waals surface area contributed by atoms with E-state index in [2.05, 4.69) is 10.6 Å². The van der Waals surface area contributed by atoms with Crippen molar-refractivity contribution in [2.75, 3.05) is 32.7 Å². The summed E-state index contributed by atoms with van der Waals surface area (Å²) in [6.07, 6.45) is 1.42. The number of rotatable bonds is 8. The standard InChI is InChI=1S/C22H22ClN3O6/c1-4-32-19-11-14(23)13(10-18(19)31-3)9-16-21(28)26(22(29)25-16)12-20(27)24-15-7-5-6-8-17(15)30-2/h5-11H,4,12H2,1-3H3,(H,24,27)(H,25,29)/b16-9+. The molecule has 0 aromatic heterocycles. The van der Waals surface area contributed by atoms with Crippen LogP contribution in [0, 0.1) is 0 Å². The molecule has 1 heterocycles. The molecule has 4 amide bonds. The van der Waals surface area contributed by atoms with Crippen LogP contribution in [0.15, 0.2) is 42.1 Å². The van der Waals surface area contributed by atoms with E-state index in [0.717, 1.165) is 4.90 Å². The van der Waals surface area contributed by atoms with Crippen LogP contribution in [0.2, 0.25) is 5.02 Å². The summed E-state index contributed by atoms with van der Waals surface area (Å²) in [5.41, 5.74) is 0.847. The van der Waals surface area contributed by atoms with Crippen LogP contribution >= 0.6 is 11.6 Å². The molecule has 0 spiro atoms. The Kier molecular flexibility index (Phi) is 7.21. The van der Waals surface area contributed by atoms with Crippen LogP contribution in [0.25, 0.3) is 6.08 Å². The van der Waals surface area contributed by atoms with Gasteiger partial charge in [-0.15, -0.1) is 0 Å². The second-order valence-electron chi connectivity index (χ2n) is 6.59. The minimum absolute atomic E-state index is 0.0202. The lowest BCUT2D eigenvalue weighted by Crippen LogP contribution is -2.38. The van der Waals surface area contributed by atoms with Crippen molar-refractivity contribution in [2.24, 2.45) is 0 Å². The SMILES string of the molecule is CCOc1cc(Cl)c(/C=C2/NC(=O)N(CC(=O)Nc3ccccc3OC)C2=O)cc1OC. The first-order valence-corrected chi connectivity index (χ1v) is 10.0. The highest BCUT2D eigenvalue weighted by molar-refractivity contribution is 6.32. The second-order valence-corrected chi connectivity index (χ2v) is 6.99. The van der Waals surface area contributed by atoms with E-state index in [1.165, 1.54) is 20.3 Å². The van der Waals surface area contributed by atoms with Crippen molar-refractivity contribution in [1.29, 1.82) is 0 Å². The smallest absolute Gasteiger partial charge is 0.329 e. The summed E-state index contributed by atoms with van der Waals surface area (Å²) in [6.45, 7) is 1.78. The monoisotopic (exact) mass is 459 g/mol. The number of nitrogens with zero attached hydrogens (tertiary/aromatic N) is 1. The molecule has 168 valence electrons. The number of halogens is 1. The van der Waals surface area contributed by atoms with Crippen molar-refractivity contribution < 1.29 is 28.6 Å². The van der Waals surface area contributed by atoms with Crippen LogP contribution < -0.4 is 24.8 Å². The van der Waals surface area contributed by atoms with Crippen molar-refractivity contribution in [2.45, 2.75) is 6.92 Å². The molecule has 0 bridgehead atoms. The Labute approximate surface area is 189 Å². The lowest BCUT2D eigenvalue weighted by atomic mass is 10.1. The molecule has 3 rings (SSSR count). The molecule has 10 heteroatoms. The Balaban J connectivity index is 1.77. The number of carbonyl (C=O) groups excluding carboxylic acids is 3. The van der Waals surface area contributed by atoms with E-state index in [4.69, 9.17) is 25.8 Å². The number of ether oxygens (including phenoxy) is 3. The van der Waals surface area contributed by atoms with Gasteiger partial charge in [0.25, 0.3) is 5.91 Å². The maximum atomic E-state index is 12.7. The van der Waals surface area contributed by atoms with E-state index in [-0.39, 0.29) is 5.70 Å². The van der Waals surface area contributed by atoms with Crippen LogP contribution in [0.1, 0.15) is 12.5 Å². The number of urea groups is 1. The van der Waals surface area contributed by atoms with Gasteiger partial charge in [0.15, 0.2) is 11.5 Å². The number of hydrogen-bond donors (Lipinski definition) is 2. The van der Waals surface area contributed by atoms with Gasteiger partial charge in [-0.25, -0.2) is 9.69 Å². The Morgan fingerprint density at radius 1 is 1.12 bits per heavy atom. The maximum Gasteiger partial charge on any atom is 0.329 e. The predicted molar refractivity (Wildman–Crippen MR) is 119 cm³/mol. The molecule has 0 saturated carbocycles. The van der Waals surface area contributed by atoms with Crippen molar-refractivity contribution in [3.63, 3.8) is 0 Å². The lowest BCUT2D eigenvalue weighted by molar-refractivity contribution is -0.127. The van der Waals surface area contributed by atoms with Crippen LogP contribution in [0.5, 0.6) is 17.2 Å². The summed E-state index contributed by atoms with van der Waals surface area (Å²) >= 11 is 6.30. The minimum atomic E-state index is -0.717. The number of anilines is 1. The Hall–Kier alpha value is -3.72. The molecule has 32 heavy (non-hydrogen) atoms. The molecule has 0 atom stereocenters. The highest BCUT2D eigenvalue weighted by Gasteiger charge is 2.35. The van der Waals surface area contributed by atoms with Gasteiger partial charge in [0.2, 0.25) is 5.91 Å². The molecule has 0 unspecified atom stereocenters. The molecule has 2 N–H and O–H groups in total. The fourth-order valence-corrected chi connectivity index (χ4v) is 3.25. The van der Waals surface area contributed by atoms with Crippen molar-refractivity contribution >= 4 is 41.2 Å². The van der Waals surface area contributed by atoms with Gasteiger partial charge >= 0.3 is 6.03 Å². The van der Waals surface area contributed by atoms with Gasteiger partial charge in [0.05, 0.1) is 31.5 Å². The van der Waals surface area contributed by atoms with Gasteiger partial charge in [-0.3, -0.25) is 9.59 Å². The number of imide groups is 1. The summed E-state index contributed by atoms with van der Waals surface area (Å²) in [7, 11) is 2.95. The van der Waals surface area contributed by atoms with Crippen LogP contribution in [0.4, 0.5) is 10.5 Å². The summed E-state index contributed by atoms with van der Waals surface area (Å²) in [5, 5.41) is 5.39. The molecular weight excluding hydrogens is 438 g/mol. The first-order valence-electron chi connectivity index (χ1n) is 9.65. The zero-order valence-corrected chi connectivity index (χ0v) is 18.5. The van der Waals surface area contributed by atoms with Gasteiger partial charge < -0.3 is 24.8 Å². The molecule has 0 aliphatic carbocycles. The van der Waals surface area contributed by atoms with E-state index < -0.39 is 24.4 Å². The quantitative estimate of drug-likeness (QED) is 0.463. The molecule has 2 aromatic carbocycles. The number of carbonyl (C=O) groups is 3. The highest BCUT2D eigenvalue weighted by Crippen LogP contribution is 2.34. The number of methoxy groups -OCH3 is 2. The van der Waals surface area contributed by atoms with Gasteiger partial charge in [-0.2, -0.15) is 0 Å². The highest BCUT2D eigenvalue weighted by atomic mass is 35.5. The van der Waals surface area contributed by atoms with E-state index in [0.29, 0.717) is 40.1 Å². The van der Waals surface area contributed by atoms with Crippen LogP contribution in [0.3, 0.4) is 0 Å². The molecule has 1 fully saturated rings. The van der Waals surface area contributed by atoms with E-state index in [1.807, 2.05) is 6.92 Å². The maximum absolute atomic E-state index is 12.7. The molecule has 2 aromatic rings. The van der Waals surface area contributed by atoms with Crippen molar-refractivity contribution in [3.05, 3.63) is 52.7 Å². The second kappa shape index (κ2) is 10.1. The van der Waals surface area contributed by atoms with Crippen LogP contribution in [-0.2, 0) is 9.59 Å². The fourth-order valence-electron chi connectivity index (χ4n) is 3.04.